The number of piperidine rings is 1. The Labute approximate surface area is 263 Å². The molecule has 2 fully saturated rings. The summed E-state index contributed by atoms with van der Waals surface area (Å²) in [5.41, 5.74) is 8.27. The van der Waals surface area contributed by atoms with Gasteiger partial charge in [-0.25, -0.2) is 0 Å². The Balaban J connectivity index is 0.000000526. The molecule has 6 rings (SSSR count). The Kier molecular flexibility index (Phi) is 10.8. The smallest absolute Gasteiger partial charge is 0.0577 e. The molecule has 1 saturated heterocycles. The summed E-state index contributed by atoms with van der Waals surface area (Å²) in [6.45, 7) is 23.1. The van der Waals surface area contributed by atoms with E-state index in [9.17, 15) is 0 Å². The highest BCUT2D eigenvalue weighted by Crippen LogP contribution is 2.57. The molecule has 1 aliphatic heterocycles. The van der Waals surface area contributed by atoms with Crippen LogP contribution < -0.4 is 11.1 Å². The van der Waals surface area contributed by atoms with Gasteiger partial charge in [0.05, 0.1) is 10.4 Å². The van der Waals surface area contributed by atoms with Crippen LogP contribution in [0.5, 0.6) is 0 Å². The molecule has 2 aromatic carbocycles. The van der Waals surface area contributed by atoms with Gasteiger partial charge >= 0.3 is 0 Å². The lowest BCUT2D eigenvalue weighted by Gasteiger charge is -2.41. The molecule has 4 atom stereocenters. The fourth-order valence-corrected chi connectivity index (χ4v) is 8.88. The minimum absolute atomic E-state index is 0.0750. The summed E-state index contributed by atoms with van der Waals surface area (Å²) in [6.07, 6.45) is 3.53. The van der Waals surface area contributed by atoms with Crippen molar-refractivity contribution >= 4 is 47.7 Å². The molecule has 6 heteroatoms. The minimum atomic E-state index is -0.240. The standard InChI is InChI=1S/C31H33N2PS.C3H8S.C2H5N/c1-21(16-26-17-24-12-8-9-13-28(24)34(26)4)32-20-31(3)27-18-25(27)19-33(31)22(2)29-14-15-30(35-29)23-10-6-5-7-11-23;1-3(2)4;1-2-3/h5-15,17,25,27,32H,1-2,16,18-20H2,3-4H3;3-4H,1-2H3;2H,1,3H2. The zero-order valence-electron chi connectivity index (χ0n) is 25.5. The number of nitrogens with zero attached hydrogens (tertiary/aromatic N) is 1. The van der Waals surface area contributed by atoms with Crippen LogP contribution in [-0.2, 0) is 13.1 Å². The fourth-order valence-electron chi connectivity index (χ4n) is 5.98. The number of fused-ring (bicyclic) bond motifs is 2. The average Bonchev–Trinajstić information content (AvgIpc) is 3.31. The van der Waals surface area contributed by atoms with Crippen LogP contribution in [0.15, 0.2) is 104 Å². The summed E-state index contributed by atoms with van der Waals surface area (Å²) in [7, 11) is -0.240. The Morgan fingerprint density at radius 2 is 1.79 bits per heavy atom. The van der Waals surface area contributed by atoms with Gasteiger partial charge < -0.3 is 16.0 Å². The van der Waals surface area contributed by atoms with E-state index in [4.69, 9.17) is 0 Å². The van der Waals surface area contributed by atoms with Crippen molar-refractivity contribution in [3.63, 3.8) is 0 Å². The molecule has 0 spiro atoms. The molecule has 42 heavy (non-hydrogen) atoms. The van der Waals surface area contributed by atoms with Gasteiger partial charge in [0, 0.05) is 40.9 Å². The van der Waals surface area contributed by atoms with E-state index in [1.807, 2.05) is 25.2 Å². The molecule has 2 aliphatic rings. The number of thiol groups is 1. The summed E-state index contributed by atoms with van der Waals surface area (Å²) in [4.78, 5) is 5.17. The first kappa shape index (κ1) is 32.1. The summed E-state index contributed by atoms with van der Waals surface area (Å²) in [6, 6.07) is 26.3. The molecule has 3 heterocycles. The largest absolute Gasteiger partial charge is 0.405 e. The van der Waals surface area contributed by atoms with Crippen LogP contribution in [0.1, 0.15) is 37.4 Å². The van der Waals surface area contributed by atoms with Crippen LogP contribution in [0.3, 0.4) is 0 Å². The molecule has 4 unspecified atom stereocenters. The van der Waals surface area contributed by atoms with Crippen LogP contribution in [0.25, 0.3) is 26.6 Å². The lowest BCUT2D eigenvalue weighted by Crippen LogP contribution is -2.50. The third-order valence-electron chi connectivity index (χ3n) is 8.17. The predicted molar refractivity (Wildman–Crippen MR) is 192 cm³/mol. The van der Waals surface area contributed by atoms with E-state index in [-0.39, 0.29) is 13.1 Å². The normalized spacial score (nSPS) is 20.6. The van der Waals surface area contributed by atoms with E-state index in [2.05, 4.69) is 135 Å². The SMILES string of the molecule is C=C(Cc1cc2ccccc2p1C)NCC1(C)C2CC2CN1C(=C)c1ccc(-c2ccccc2)s1.C=CN.CC(C)S. The maximum absolute atomic E-state index is 4.61. The molecule has 3 nitrogen and oxygen atoms in total. The molecule has 222 valence electrons. The van der Waals surface area contributed by atoms with Crippen molar-refractivity contribution in [2.75, 3.05) is 13.1 Å². The zero-order chi connectivity index (χ0) is 30.4. The van der Waals surface area contributed by atoms with E-state index in [0.717, 1.165) is 37.0 Å². The Bertz CT molecular complexity index is 1520. The number of nitrogens with two attached hydrogens (primary N) is 1. The maximum atomic E-state index is 4.61. The fraction of sp³-hybridized carbons (Fsp3) is 0.333. The van der Waals surface area contributed by atoms with Crippen molar-refractivity contribution in [2.24, 2.45) is 24.2 Å². The lowest BCUT2D eigenvalue weighted by molar-refractivity contribution is 0.197. The third kappa shape index (κ3) is 7.37. The number of likely N-dealkylation sites (tertiary alicyclic amines) is 1. The van der Waals surface area contributed by atoms with Gasteiger partial charge in [0.15, 0.2) is 0 Å². The highest BCUT2D eigenvalue weighted by molar-refractivity contribution is 7.80. The highest BCUT2D eigenvalue weighted by Gasteiger charge is 2.60. The quantitative estimate of drug-likeness (QED) is 0.173. The van der Waals surface area contributed by atoms with Crippen LogP contribution in [0.4, 0.5) is 0 Å². The second-order valence-corrected chi connectivity index (χ2v) is 16.1. The summed E-state index contributed by atoms with van der Waals surface area (Å²) in [5.74, 6) is 1.54. The van der Waals surface area contributed by atoms with E-state index in [1.165, 1.54) is 49.4 Å². The van der Waals surface area contributed by atoms with Crippen molar-refractivity contribution in [1.29, 1.82) is 0 Å². The van der Waals surface area contributed by atoms with Gasteiger partial charge in [0.25, 0.3) is 0 Å². The molecule has 0 amide bonds. The number of benzene rings is 2. The molecule has 3 N–H and O–H groups in total. The zero-order valence-corrected chi connectivity index (χ0v) is 28.1. The Hall–Kier alpha value is -2.85. The molecule has 0 bridgehead atoms. The first-order valence-electron chi connectivity index (χ1n) is 14.7. The first-order valence-corrected chi connectivity index (χ1v) is 17.8. The number of hydrogen-bond acceptors (Lipinski definition) is 5. The predicted octanol–water partition coefficient (Wildman–Crippen LogP) is 9.53. The topological polar surface area (TPSA) is 41.3 Å². The maximum Gasteiger partial charge on any atom is 0.0577 e. The van der Waals surface area contributed by atoms with Crippen LogP contribution in [0.2, 0.25) is 0 Å². The van der Waals surface area contributed by atoms with Gasteiger partial charge in [-0.05, 0) is 77.7 Å². The number of thiophene rings is 1. The van der Waals surface area contributed by atoms with Crippen molar-refractivity contribution < 1.29 is 0 Å². The van der Waals surface area contributed by atoms with E-state index < -0.39 is 0 Å². The minimum Gasteiger partial charge on any atom is -0.405 e. The van der Waals surface area contributed by atoms with Gasteiger partial charge in [0.2, 0.25) is 0 Å². The molecule has 0 radical (unpaired) electrons. The van der Waals surface area contributed by atoms with Gasteiger partial charge in [0.1, 0.15) is 0 Å². The molecular weight excluding hydrogens is 570 g/mol. The number of hydrogen-bond donors (Lipinski definition) is 3. The number of nitrogens with one attached hydrogen (secondary N) is 1. The van der Waals surface area contributed by atoms with Crippen molar-refractivity contribution in [2.45, 2.75) is 44.4 Å². The molecule has 1 aliphatic carbocycles. The summed E-state index contributed by atoms with van der Waals surface area (Å²) < 4.78 is 0. The van der Waals surface area contributed by atoms with Crippen LogP contribution in [0, 0.1) is 11.8 Å². The first-order chi connectivity index (χ1) is 20.1. The summed E-state index contributed by atoms with van der Waals surface area (Å²) >= 11 is 5.82. The second-order valence-electron chi connectivity index (χ2n) is 11.8. The van der Waals surface area contributed by atoms with Crippen molar-refractivity contribution in [3.05, 3.63) is 115 Å². The van der Waals surface area contributed by atoms with Crippen LogP contribution in [-0.4, -0.2) is 28.8 Å². The van der Waals surface area contributed by atoms with Gasteiger partial charge in [-0.1, -0.05) is 88.2 Å². The third-order valence-corrected chi connectivity index (χ3v) is 11.6. The van der Waals surface area contributed by atoms with Crippen LogP contribution >= 0.6 is 31.5 Å². The molecular formula is C36H46N3PS2. The number of rotatable bonds is 8. The molecule has 2 aromatic heterocycles. The molecule has 4 aromatic rings. The van der Waals surface area contributed by atoms with E-state index >= 15 is 0 Å². The second kappa shape index (κ2) is 14.1. The molecule has 1 saturated carbocycles. The number of allylic oxidation sites excluding steroid dienone is 1. The van der Waals surface area contributed by atoms with Gasteiger partial charge in [-0.2, -0.15) is 12.6 Å². The number of aryl methyl sites for hydroxylation is 1. The van der Waals surface area contributed by atoms with E-state index in [0.29, 0.717) is 5.25 Å². The van der Waals surface area contributed by atoms with Gasteiger partial charge in [-0.15, -0.1) is 18.9 Å². The van der Waals surface area contributed by atoms with Crippen molar-refractivity contribution in [3.8, 4) is 10.4 Å². The Morgan fingerprint density at radius 3 is 2.45 bits per heavy atom. The Morgan fingerprint density at radius 1 is 1.14 bits per heavy atom. The monoisotopic (exact) mass is 615 g/mol. The lowest BCUT2D eigenvalue weighted by atomic mass is 9.94. The van der Waals surface area contributed by atoms with E-state index in [1.54, 1.807) is 0 Å². The van der Waals surface area contributed by atoms with Crippen molar-refractivity contribution in [1.82, 2.24) is 10.2 Å². The average molecular weight is 616 g/mol. The summed E-state index contributed by atoms with van der Waals surface area (Å²) in [5, 5.41) is 8.70. The highest BCUT2D eigenvalue weighted by atomic mass is 32.1. The van der Waals surface area contributed by atoms with Gasteiger partial charge in [-0.3, -0.25) is 0 Å².